The second kappa shape index (κ2) is 8.02. The topological polar surface area (TPSA) is 38.7 Å². The smallest absolute Gasteiger partial charge is 0.380 e. The minimum Gasteiger partial charge on any atom is -0.437 e. The van der Waals surface area contributed by atoms with Crippen molar-refractivity contribution in [1.29, 1.82) is 0 Å². The molecule has 4 rings (SSSR count). The molecular weight excluding hydrogens is 362 g/mol. The van der Waals surface area contributed by atoms with Gasteiger partial charge in [-0.1, -0.05) is 91.0 Å². The summed E-state index contributed by atoms with van der Waals surface area (Å²) < 4.78 is 6.48. The van der Waals surface area contributed by atoms with E-state index in [1.165, 1.54) is 12.2 Å². The quantitative estimate of drug-likeness (QED) is 0.295. The van der Waals surface area contributed by atoms with Gasteiger partial charge >= 0.3 is 8.32 Å². The Morgan fingerprint density at radius 3 is 1.36 bits per heavy atom. The monoisotopic (exact) mass is 381 g/mol. The number of nitrogens with zero attached hydrogens (tertiary/aromatic N) is 1. The van der Waals surface area contributed by atoms with E-state index in [9.17, 15) is 4.79 Å². The van der Waals surface area contributed by atoms with Gasteiger partial charge in [0.2, 0.25) is 0 Å². The molecule has 136 valence electrons. The predicted molar refractivity (Wildman–Crippen MR) is 116 cm³/mol. The van der Waals surface area contributed by atoms with Crippen LogP contribution in [0.3, 0.4) is 0 Å². The molecule has 0 atom stereocenters. The molecule has 0 heterocycles. The largest absolute Gasteiger partial charge is 0.437 e. The fourth-order valence-corrected chi connectivity index (χ4v) is 6.85. The Morgan fingerprint density at radius 1 is 0.571 bits per heavy atom. The molecule has 0 saturated heterocycles. The fraction of sp³-hybridized carbons (Fsp3) is 0. The van der Waals surface area contributed by atoms with E-state index in [0.29, 0.717) is 5.71 Å². The van der Waals surface area contributed by atoms with Crippen LogP contribution in [0.5, 0.6) is 0 Å². The highest BCUT2D eigenvalue weighted by molar-refractivity contribution is 7.07. The van der Waals surface area contributed by atoms with Crippen molar-refractivity contribution >= 4 is 35.4 Å². The van der Waals surface area contributed by atoms with Crippen molar-refractivity contribution in [1.82, 2.24) is 0 Å². The van der Waals surface area contributed by atoms with Crippen molar-refractivity contribution in [2.45, 2.75) is 0 Å². The van der Waals surface area contributed by atoms with Crippen LogP contribution < -0.4 is 15.6 Å². The Hall–Kier alpha value is -3.50. The van der Waals surface area contributed by atoms with Crippen LogP contribution in [0, 0.1) is 0 Å². The lowest BCUT2D eigenvalue weighted by Crippen LogP contribution is -2.68. The molecule has 0 unspecified atom stereocenters. The highest BCUT2D eigenvalue weighted by Gasteiger charge is 2.44. The lowest BCUT2D eigenvalue weighted by atomic mass is 10.2. The summed E-state index contributed by atoms with van der Waals surface area (Å²) in [6, 6.07) is 30.8. The molecule has 0 spiro atoms. The molecule has 0 amide bonds. The third-order valence-corrected chi connectivity index (χ3v) is 8.47. The van der Waals surface area contributed by atoms with Gasteiger partial charge in [0.15, 0.2) is 5.78 Å². The third kappa shape index (κ3) is 3.50. The van der Waals surface area contributed by atoms with Crippen molar-refractivity contribution in [3.63, 3.8) is 0 Å². The van der Waals surface area contributed by atoms with Gasteiger partial charge in [-0.15, -0.1) is 5.16 Å². The van der Waals surface area contributed by atoms with Crippen molar-refractivity contribution in [2.75, 3.05) is 0 Å². The summed E-state index contributed by atoms with van der Waals surface area (Å²) in [7, 11) is -2.87. The molecule has 3 aromatic rings. The van der Waals surface area contributed by atoms with E-state index in [2.05, 4.69) is 41.6 Å². The Bertz CT molecular complexity index is 927. The fourth-order valence-electron chi connectivity index (χ4n) is 3.30. The molecule has 1 aliphatic carbocycles. The predicted octanol–water partition coefficient (Wildman–Crippen LogP) is 2.72. The van der Waals surface area contributed by atoms with E-state index in [0.717, 1.165) is 15.6 Å². The standard InChI is InChI=1S/C24H19NO2Si/c26-21-18-16-20(17-19-21)25-27-28(22-10-4-1-5-11-22,23-12-6-2-7-13-23)24-14-8-3-9-15-24/h1-19H. The van der Waals surface area contributed by atoms with E-state index in [-0.39, 0.29) is 5.78 Å². The summed E-state index contributed by atoms with van der Waals surface area (Å²) in [6.45, 7) is 0. The normalized spacial score (nSPS) is 13.4. The van der Waals surface area contributed by atoms with Crippen molar-refractivity contribution in [2.24, 2.45) is 5.16 Å². The molecule has 1 aliphatic rings. The lowest BCUT2D eigenvalue weighted by Gasteiger charge is -2.30. The molecule has 0 fully saturated rings. The highest BCUT2D eigenvalue weighted by Crippen LogP contribution is 2.11. The lowest BCUT2D eigenvalue weighted by molar-refractivity contribution is -0.110. The number of benzene rings is 3. The highest BCUT2D eigenvalue weighted by atomic mass is 28.4. The molecule has 3 aromatic carbocycles. The molecule has 4 heteroatoms. The van der Waals surface area contributed by atoms with Gasteiger partial charge in [-0.05, 0) is 39.9 Å². The molecule has 3 nitrogen and oxygen atoms in total. The zero-order valence-corrected chi connectivity index (χ0v) is 16.2. The third-order valence-electron chi connectivity index (χ3n) is 4.67. The van der Waals surface area contributed by atoms with Gasteiger partial charge in [0.25, 0.3) is 0 Å². The molecule has 0 aromatic heterocycles. The Kier molecular flexibility index (Phi) is 5.13. The van der Waals surface area contributed by atoms with Crippen molar-refractivity contribution < 1.29 is 9.32 Å². The summed E-state index contributed by atoms with van der Waals surface area (Å²) in [6.07, 6.45) is 6.36. The van der Waals surface area contributed by atoms with Gasteiger partial charge in [0.1, 0.15) is 5.71 Å². The number of carbonyl (C=O) groups excluding carboxylic acids is 1. The Balaban J connectivity index is 1.91. The summed E-state index contributed by atoms with van der Waals surface area (Å²) >= 11 is 0. The summed E-state index contributed by atoms with van der Waals surface area (Å²) in [5.74, 6) is -0.0448. The molecule has 28 heavy (non-hydrogen) atoms. The summed E-state index contributed by atoms with van der Waals surface area (Å²) in [4.78, 5) is 11.4. The molecular formula is C24H19NO2Si. The summed E-state index contributed by atoms with van der Waals surface area (Å²) in [5, 5.41) is 7.80. The van der Waals surface area contributed by atoms with E-state index < -0.39 is 8.32 Å². The van der Waals surface area contributed by atoms with Crippen LogP contribution in [0.4, 0.5) is 0 Å². The minimum atomic E-state index is -2.87. The van der Waals surface area contributed by atoms with Gasteiger partial charge in [0, 0.05) is 0 Å². The van der Waals surface area contributed by atoms with E-state index in [1.54, 1.807) is 12.2 Å². The van der Waals surface area contributed by atoms with Gasteiger partial charge in [-0.3, -0.25) is 4.79 Å². The summed E-state index contributed by atoms with van der Waals surface area (Å²) in [5.41, 5.74) is 0.624. The van der Waals surface area contributed by atoms with Crippen LogP contribution in [-0.4, -0.2) is 19.8 Å². The zero-order valence-electron chi connectivity index (χ0n) is 15.2. The molecule has 0 saturated carbocycles. The van der Waals surface area contributed by atoms with Crippen LogP contribution in [-0.2, 0) is 9.32 Å². The molecule has 0 radical (unpaired) electrons. The first kappa shape index (κ1) is 17.9. The SMILES string of the molecule is O=C1C=CC(=NO[Si](c2ccccc2)(c2ccccc2)c2ccccc2)C=C1. The molecule has 0 bridgehead atoms. The number of hydrogen-bond donors (Lipinski definition) is 0. The first-order chi connectivity index (χ1) is 13.8. The second-order valence-electron chi connectivity index (χ2n) is 6.46. The van der Waals surface area contributed by atoms with E-state index >= 15 is 0 Å². The number of allylic oxidation sites excluding steroid dienone is 4. The number of carbonyl (C=O) groups is 1. The number of oxime groups is 1. The molecule has 0 N–H and O–H groups in total. The van der Waals surface area contributed by atoms with Crippen LogP contribution in [0.2, 0.25) is 0 Å². The maximum absolute atomic E-state index is 11.4. The van der Waals surface area contributed by atoms with E-state index in [1.807, 2.05) is 54.6 Å². The Morgan fingerprint density at radius 2 is 0.964 bits per heavy atom. The van der Waals surface area contributed by atoms with Crippen LogP contribution in [0.15, 0.2) is 120 Å². The van der Waals surface area contributed by atoms with Gasteiger partial charge < -0.3 is 4.53 Å². The number of rotatable bonds is 5. The van der Waals surface area contributed by atoms with Crippen molar-refractivity contribution in [3.8, 4) is 0 Å². The van der Waals surface area contributed by atoms with Crippen molar-refractivity contribution in [3.05, 3.63) is 115 Å². The van der Waals surface area contributed by atoms with Gasteiger partial charge in [-0.2, -0.15) is 0 Å². The number of ketones is 1. The zero-order chi connectivity index (χ0) is 19.2. The van der Waals surface area contributed by atoms with Crippen LogP contribution in [0.25, 0.3) is 0 Å². The Labute approximate surface area is 165 Å². The average Bonchev–Trinajstić information content (AvgIpc) is 2.78. The van der Waals surface area contributed by atoms with Crippen LogP contribution >= 0.6 is 0 Å². The van der Waals surface area contributed by atoms with Gasteiger partial charge in [0.05, 0.1) is 0 Å². The molecule has 0 aliphatic heterocycles. The van der Waals surface area contributed by atoms with Crippen LogP contribution in [0.1, 0.15) is 0 Å². The van der Waals surface area contributed by atoms with E-state index in [4.69, 9.17) is 4.53 Å². The number of hydrogen-bond acceptors (Lipinski definition) is 3. The van der Waals surface area contributed by atoms with Gasteiger partial charge in [-0.25, -0.2) is 0 Å². The first-order valence-electron chi connectivity index (χ1n) is 9.12. The first-order valence-corrected chi connectivity index (χ1v) is 11.0. The minimum absolute atomic E-state index is 0.0448. The maximum atomic E-state index is 11.4. The maximum Gasteiger partial charge on any atom is 0.380 e. The average molecular weight is 382 g/mol. The second-order valence-corrected chi connectivity index (χ2v) is 9.73.